The Balaban J connectivity index is 3.53. The maximum absolute atomic E-state index is 9.61. The van der Waals surface area contributed by atoms with Crippen molar-refractivity contribution in [1.82, 2.24) is 0 Å². The molecule has 0 aromatic carbocycles. The predicted octanol–water partition coefficient (Wildman–Crippen LogP) is 1.54. The van der Waals surface area contributed by atoms with Gasteiger partial charge in [-0.3, -0.25) is 0 Å². The van der Waals surface area contributed by atoms with Gasteiger partial charge in [-0.2, -0.15) is 0 Å². The summed E-state index contributed by atoms with van der Waals surface area (Å²) in [5.41, 5.74) is 4.62. The van der Waals surface area contributed by atoms with Crippen molar-refractivity contribution in [1.29, 1.82) is 0 Å². The second kappa shape index (κ2) is 6.38. The lowest BCUT2D eigenvalue weighted by Crippen LogP contribution is -2.35. The first-order valence-corrected chi connectivity index (χ1v) is 5.41. The van der Waals surface area contributed by atoms with Crippen molar-refractivity contribution in [2.24, 2.45) is 11.7 Å². The highest BCUT2D eigenvalue weighted by Crippen LogP contribution is 2.11. The number of ether oxygens (including phenoxy) is 1. The largest absolute Gasteiger partial charge is 0.389 e. The molecule has 14 heavy (non-hydrogen) atoms. The van der Waals surface area contributed by atoms with Crippen molar-refractivity contribution in [3.8, 4) is 0 Å². The van der Waals surface area contributed by atoms with Gasteiger partial charge in [0.25, 0.3) is 0 Å². The van der Waals surface area contributed by atoms with E-state index in [1.165, 1.54) is 0 Å². The highest BCUT2D eigenvalue weighted by atomic mass is 16.5. The lowest BCUT2D eigenvalue weighted by atomic mass is 10.0. The van der Waals surface area contributed by atoms with Gasteiger partial charge in [-0.15, -0.1) is 0 Å². The number of hydrogen-bond acceptors (Lipinski definition) is 3. The maximum atomic E-state index is 9.61. The van der Waals surface area contributed by atoms with Gasteiger partial charge in [0.05, 0.1) is 11.7 Å². The van der Waals surface area contributed by atoms with Crippen molar-refractivity contribution in [2.75, 3.05) is 13.2 Å². The van der Waals surface area contributed by atoms with Gasteiger partial charge in [0, 0.05) is 19.6 Å². The topological polar surface area (TPSA) is 55.5 Å². The van der Waals surface area contributed by atoms with Crippen LogP contribution in [0.5, 0.6) is 0 Å². The molecule has 0 rings (SSSR count). The zero-order chi connectivity index (χ0) is 11.2. The molecule has 3 heteroatoms. The fraction of sp³-hybridized carbons (Fsp3) is 1.00. The van der Waals surface area contributed by atoms with Gasteiger partial charge < -0.3 is 15.6 Å². The minimum absolute atomic E-state index is 0.267. The minimum Gasteiger partial charge on any atom is -0.389 e. The Kier molecular flexibility index (Phi) is 6.33. The molecule has 0 amide bonds. The Morgan fingerprint density at radius 3 is 2.36 bits per heavy atom. The van der Waals surface area contributed by atoms with Crippen molar-refractivity contribution in [3.63, 3.8) is 0 Å². The van der Waals surface area contributed by atoms with E-state index in [1.807, 2.05) is 0 Å². The molecule has 0 saturated carbocycles. The van der Waals surface area contributed by atoms with Crippen LogP contribution in [0.25, 0.3) is 0 Å². The van der Waals surface area contributed by atoms with E-state index in [9.17, 15) is 5.11 Å². The summed E-state index contributed by atoms with van der Waals surface area (Å²) in [5.74, 6) is 0.653. The first-order chi connectivity index (χ1) is 6.37. The van der Waals surface area contributed by atoms with E-state index in [4.69, 9.17) is 10.5 Å². The molecule has 3 nitrogen and oxygen atoms in total. The average molecular weight is 203 g/mol. The zero-order valence-corrected chi connectivity index (χ0v) is 9.92. The third kappa shape index (κ3) is 7.30. The maximum Gasteiger partial charge on any atom is 0.0763 e. The first kappa shape index (κ1) is 13.9. The van der Waals surface area contributed by atoms with Crippen LogP contribution >= 0.6 is 0 Å². The van der Waals surface area contributed by atoms with Gasteiger partial charge in [-0.25, -0.2) is 0 Å². The van der Waals surface area contributed by atoms with Gasteiger partial charge in [0.2, 0.25) is 0 Å². The van der Waals surface area contributed by atoms with Crippen LogP contribution in [0.15, 0.2) is 0 Å². The zero-order valence-electron chi connectivity index (χ0n) is 9.92. The summed E-state index contributed by atoms with van der Waals surface area (Å²) in [7, 11) is 0. The van der Waals surface area contributed by atoms with E-state index >= 15 is 0 Å². The second-order valence-electron chi connectivity index (χ2n) is 4.76. The quantitative estimate of drug-likeness (QED) is 0.660. The molecule has 3 N–H and O–H groups in total. The molecule has 0 aromatic heterocycles. The van der Waals surface area contributed by atoms with Crippen molar-refractivity contribution in [2.45, 2.75) is 52.2 Å². The number of hydrogen-bond donors (Lipinski definition) is 2. The molecule has 86 valence electrons. The van der Waals surface area contributed by atoms with E-state index in [-0.39, 0.29) is 12.6 Å². The van der Waals surface area contributed by atoms with Crippen molar-refractivity contribution in [3.05, 3.63) is 0 Å². The van der Waals surface area contributed by atoms with Gasteiger partial charge in [0.1, 0.15) is 0 Å². The molecule has 0 aliphatic heterocycles. The summed E-state index contributed by atoms with van der Waals surface area (Å²) in [4.78, 5) is 0. The van der Waals surface area contributed by atoms with Crippen LogP contribution in [0.2, 0.25) is 0 Å². The Bertz CT molecular complexity index is 146. The van der Waals surface area contributed by atoms with Crippen LogP contribution < -0.4 is 5.73 Å². The van der Waals surface area contributed by atoms with E-state index < -0.39 is 5.60 Å². The Hall–Kier alpha value is -0.120. The standard InChI is InChI=1S/C11H25NO2/c1-9(2)7-10(3)14-6-5-11(4,13)8-12/h9-10,13H,5-8,12H2,1-4H3. The third-order valence-corrected chi connectivity index (χ3v) is 2.29. The highest BCUT2D eigenvalue weighted by molar-refractivity contribution is 4.72. The Morgan fingerprint density at radius 2 is 1.93 bits per heavy atom. The molecule has 0 saturated heterocycles. The van der Waals surface area contributed by atoms with Crippen LogP contribution in [0.4, 0.5) is 0 Å². The van der Waals surface area contributed by atoms with Crippen LogP contribution in [-0.4, -0.2) is 30.0 Å². The molecule has 0 fully saturated rings. The normalized spacial score (nSPS) is 18.2. The van der Waals surface area contributed by atoms with Gasteiger partial charge in [0.15, 0.2) is 0 Å². The highest BCUT2D eigenvalue weighted by Gasteiger charge is 2.18. The van der Waals surface area contributed by atoms with Gasteiger partial charge in [-0.05, 0) is 26.2 Å². The molecule has 0 heterocycles. The van der Waals surface area contributed by atoms with Crippen LogP contribution in [0, 0.1) is 5.92 Å². The molecule has 0 spiro atoms. The Morgan fingerprint density at radius 1 is 1.36 bits per heavy atom. The molecule has 0 aliphatic carbocycles. The molecular weight excluding hydrogens is 178 g/mol. The summed E-state index contributed by atoms with van der Waals surface area (Å²) in [5, 5.41) is 9.61. The smallest absolute Gasteiger partial charge is 0.0763 e. The van der Waals surface area contributed by atoms with Crippen molar-refractivity contribution >= 4 is 0 Å². The van der Waals surface area contributed by atoms with Gasteiger partial charge >= 0.3 is 0 Å². The SMILES string of the molecule is CC(C)CC(C)OCCC(C)(O)CN. The number of rotatable bonds is 7. The Labute approximate surface area is 87.6 Å². The number of aliphatic hydroxyl groups is 1. The summed E-state index contributed by atoms with van der Waals surface area (Å²) in [6.07, 6.45) is 1.93. The summed E-state index contributed by atoms with van der Waals surface area (Å²) in [6, 6.07) is 0. The minimum atomic E-state index is -0.780. The third-order valence-electron chi connectivity index (χ3n) is 2.29. The summed E-state index contributed by atoms with van der Waals surface area (Å²) >= 11 is 0. The monoisotopic (exact) mass is 203 g/mol. The first-order valence-electron chi connectivity index (χ1n) is 5.41. The second-order valence-corrected chi connectivity index (χ2v) is 4.76. The summed E-state index contributed by atoms with van der Waals surface area (Å²) < 4.78 is 5.57. The van der Waals surface area contributed by atoms with E-state index in [1.54, 1.807) is 6.92 Å². The molecule has 0 radical (unpaired) electrons. The molecule has 2 unspecified atom stereocenters. The van der Waals surface area contributed by atoms with Gasteiger partial charge in [-0.1, -0.05) is 13.8 Å². The van der Waals surface area contributed by atoms with E-state index in [2.05, 4.69) is 20.8 Å². The fourth-order valence-electron chi connectivity index (χ4n) is 1.31. The molecule has 0 aromatic rings. The average Bonchev–Trinajstić information content (AvgIpc) is 2.02. The molecule has 0 aliphatic rings. The van der Waals surface area contributed by atoms with Crippen LogP contribution in [0.3, 0.4) is 0 Å². The molecular formula is C11H25NO2. The fourth-order valence-corrected chi connectivity index (χ4v) is 1.31. The molecule has 0 bridgehead atoms. The van der Waals surface area contributed by atoms with E-state index in [0.29, 0.717) is 18.9 Å². The lowest BCUT2D eigenvalue weighted by Gasteiger charge is -2.22. The van der Waals surface area contributed by atoms with E-state index in [0.717, 1.165) is 6.42 Å². The predicted molar refractivity (Wildman–Crippen MR) is 59.2 cm³/mol. The lowest BCUT2D eigenvalue weighted by molar-refractivity contribution is -0.00608. The van der Waals surface area contributed by atoms with Crippen LogP contribution in [0.1, 0.15) is 40.5 Å². The van der Waals surface area contributed by atoms with Crippen LogP contribution in [-0.2, 0) is 4.74 Å². The molecule has 2 atom stereocenters. The van der Waals surface area contributed by atoms with Crippen molar-refractivity contribution < 1.29 is 9.84 Å². The summed E-state index contributed by atoms with van der Waals surface area (Å²) in [6.45, 7) is 9.03. The number of nitrogens with two attached hydrogens (primary N) is 1.